The van der Waals surface area contributed by atoms with Crippen LogP contribution in [0.4, 0.5) is 5.69 Å². The first-order valence-electron chi connectivity index (χ1n) is 9.41. The minimum atomic E-state index is -0.306. The molecule has 0 aliphatic rings. The number of carbonyl (C=O) groups is 1. The van der Waals surface area contributed by atoms with Gasteiger partial charge < -0.3 is 9.88 Å². The Hall–Kier alpha value is -2.67. The number of nitrogens with one attached hydrogen (secondary N) is 1. The maximum Gasteiger partial charge on any atom is 0.237 e. The van der Waals surface area contributed by atoms with Crippen LogP contribution in [0.3, 0.4) is 0 Å². The van der Waals surface area contributed by atoms with Crippen LogP contribution >= 0.6 is 11.8 Å². The Morgan fingerprint density at radius 2 is 1.82 bits per heavy atom. The molecule has 0 saturated carbocycles. The normalized spacial score (nSPS) is 12.2. The van der Waals surface area contributed by atoms with Crippen LogP contribution in [0.15, 0.2) is 53.9 Å². The molecule has 3 aromatic rings. The Labute approximate surface area is 169 Å². The first kappa shape index (κ1) is 20.1. The second kappa shape index (κ2) is 9.01. The molecule has 0 spiro atoms. The van der Waals surface area contributed by atoms with E-state index in [4.69, 9.17) is 0 Å². The predicted molar refractivity (Wildman–Crippen MR) is 113 cm³/mol. The van der Waals surface area contributed by atoms with Crippen molar-refractivity contribution in [3.05, 3.63) is 54.4 Å². The molecule has 1 aromatic carbocycles. The van der Waals surface area contributed by atoms with Gasteiger partial charge in [-0.3, -0.25) is 9.78 Å². The monoisotopic (exact) mass is 395 g/mol. The standard InChI is InChI=1S/C21H25N5OS/c1-5-26-19(16-10-12-22-13-11-16)24-25-21(26)28-15(4)20(27)23-18-9-7-6-8-17(18)14(2)3/h6-15H,5H2,1-4H3,(H,23,27)/t15-/m0/s1. The summed E-state index contributed by atoms with van der Waals surface area (Å²) in [5, 5.41) is 12.1. The first-order valence-corrected chi connectivity index (χ1v) is 10.3. The van der Waals surface area contributed by atoms with E-state index < -0.39 is 0 Å². The van der Waals surface area contributed by atoms with Crippen molar-refractivity contribution in [3.63, 3.8) is 0 Å². The highest BCUT2D eigenvalue weighted by atomic mass is 32.2. The number of hydrogen-bond acceptors (Lipinski definition) is 5. The van der Waals surface area contributed by atoms with Crippen molar-refractivity contribution in [1.29, 1.82) is 0 Å². The number of amides is 1. The molecule has 2 heterocycles. The molecular formula is C21H25N5OS. The molecule has 2 aromatic heterocycles. The molecule has 0 bridgehead atoms. The van der Waals surface area contributed by atoms with Gasteiger partial charge in [-0.05, 0) is 43.5 Å². The minimum absolute atomic E-state index is 0.0470. The maximum atomic E-state index is 12.8. The molecule has 0 unspecified atom stereocenters. The molecular weight excluding hydrogens is 370 g/mol. The summed E-state index contributed by atoms with van der Waals surface area (Å²) in [6, 6.07) is 11.7. The lowest BCUT2D eigenvalue weighted by Crippen LogP contribution is -2.23. The van der Waals surface area contributed by atoms with Gasteiger partial charge in [-0.15, -0.1) is 10.2 Å². The van der Waals surface area contributed by atoms with Crippen LogP contribution in [0.5, 0.6) is 0 Å². The highest BCUT2D eigenvalue weighted by Gasteiger charge is 2.21. The van der Waals surface area contributed by atoms with Gasteiger partial charge in [0.25, 0.3) is 0 Å². The first-order chi connectivity index (χ1) is 13.5. The van der Waals surface area contributed by atoms with Gasteiger partial charge in [0.2, 0.25) is 5.91 Å². The van der Waals surface area contributed by atoms with Gasteiger partial charge in [0.1, 0.15) is 0 Å². The lowest BCUT2D eigenvalue weighted by molar-refractivity contribution is -0.115. The summed E-state index contributed by atoms with van der Waals surface area (Å²) >= 11 is 1.41. The Kier molecular flexibility index (Phi) is 6.46. The molecule has 0 radical (unpaired) electrons. The van der Waals surface area contributed by atoms with E-state index in [9.17, 15) is 4.79 Å². The van der Waals surface area contributed by atoms with Gasteiger partial charge in [-0.25, -0.2) is 0 Å². The molecule has 28 heavy (non-hydrogen) atoms. The molecule has 1 N–H and O–H groups in total. The molecule has 0 aliphatic carbocycles. The summed E-state index contributed by atoms with van der Waals surface area (Å²) in [5.74, 6) is 1.07. The quantitative estimate of drug-likeness (QED) is 0.592. The third kappa shape index (κ3) is 4.42. The fraction of sp³-hybridized carbons (Fsp3) is 0.333. The molecule has 0 aliphatic heterocycles. The van der Waals surface area contributed by atoms with Crippen molar-refractivity contribution in [1.82, 2.24) is 19.7 Å². The van der Waals surface area contributed by atoms with Gasteiger partial charge in [-0.2, -0.15) is 0 Å². The average Bonchev–Trinajstić information content (AvgIpc) is 3.11. The van der Waals surface area contributed by atoms with Gasteiger partial charge in [0.15, 0.2) is 11.0 Å². The van der Waals surface area contributed by atoms with E-state index >= 15 is 0 Å². The molecule has 3 rings (SSSR count). The Morgan fingerprint density at radius 3 is 2.50 bits per heavy atom. The fourth-order valence-corrected chi connectivity index (χ4v) is 3.85. The molecule has 7 heteroatoms. The largest absolute Gasteiger partial charge is 0.325 e. The van der Waals surface area contributed by atoms with Crippen LogP contribution in [0.2, 0.25) is 0 Å². The molecule has 1 amide bonds. The predicted octanol–water partition coefficient (Wildman–Crippen LogP) is 4.60. The summed E-state index contributed by atoms with van der Waals surface area (Å²) in [6.45, 7) is 8.89. The minimum Gasteiger partial charge on any atom is -0.325 e. The lowest BCUT2D eigenvalue weighted by Gasteiger charge is -2.16. The van der Waals surface area contributed by atoms with Gasteiger partial charge in [0, 0.05) is 30.2 Å². The zero-order chi connectivity index (χ0) is 20.1. The Morgan fingerprint density at radius 1 is 1.11 bits per heavy atom. The number of para-hydroxylation sites is 1. The maximum absolute atomic E-state index is 12.8. The van der Waals surface area contributed by atoms with Crippen LogP contribution in [-0.4, -0.2) is 30.9 Å². The van der Waals surface area contributed by atoms with E-state index in [1.807, 2.05) is 54.8 Å². The van der Waals surface area contributed by atoms with Gasteiger partial charge >= 0.3 is 0 Å². The smallest absolute Gasteiger partial charge is 0.237 e. The summed E-state index contributed by atoms with van der Waals surface area (Å²) in [7, 11) is 0. The number of anilines is 1. The van der Waals surface area contributed by atoms with Crippen LogP contribution < -0.4 is 5.32 Å². The Bertz CT molecular complexity index is 939. The van der Waals surface area contributed by atoms with E-state index in [1.165, 1.54) is 11.8 Å². The van der Waals surface area contributed by atoms with E-state index in [1.54, 1.807) is 12.4 Å². The van der Waals surface area contributed by atoms with Crippen LogP contribution in [-0.2, 0) is 11.3 Å². The van der Waals surface area contributed by atoms with Crippen LogP contribution in [0, 0.1) is 0 Å². The second-order valence-corrected chi connectivity index (χ2v) is 8.09. The second-order valence-electron chi connectivity index (χ2n) is 6.78. The van der Waals surface area contributed by atoms with Crippen LogP contribution in [0.25, 0.3) is 11.4 Å². The topological polar surface area (TPSA) is 72.7 Å². The van der Waals surface area contributed by atoms with E-state index in [0.29, 0.717) is 5.92 Å². The Balaban J connectivity index is 1.76. The molecule has 6 nitrogen and oxygen atoms in total. The van der Waals surface area contributed by atoms with Gasteiger partial charge in [0.05, 0.1) is 5.25 Å². The van der Waals surface area contributed by atoms with Crippen LogP contribution in [0.1, 0.15) is 39.2 Å². The lowest BCUT2D eigenvalue weighted by atomic mass is 10.0. The number of thioether (sulfide) groups is 1. The van der Waals surface area contributed by atoms with E-state index in [2.05, 4.69) is 34.3 Å². The highest BCUT2D eigenvalue weighted by molar-refractivity contribution is 8.00. The van der Waals surface area contributed by atoms with E-state index in [0.717, 1.165) is 34.3 Å². The van der Waals surface area contributed by atoms with Crippen molar-refractivity contribution in [2.45, 2.75) is 50.6 Å². The summed E-state index contributed by atoms with van der Waals surface area (Å²) in [5.41, 5.74) is 2.95. The van der Waals surface area contributed by atoms with Gasteiger partial charge in [-0.1, -0.05) is 43.8 Å². The number of aromatic nitrogens is 4. The van der Waals surface area contributed by atoms with Crippen molar-refractivity contribution in [2.24, 2.45) is 0 Å². The third-order valence-corrected chi connectivity index (χ3v) is 5.54. The van der Waals surface area contributed by atoms with Crippen molar-refractivity contribution >= 4 is 23.4 Å². The molecule has 146 valence electrons. The summed E-state index contributed by atoms with van der Waals surface area (Å²) < 4.78 is 2.02. The number of rotatable bonds is 7. The number of nitrogens with zero attached hydrogens (tertiary/aromatic N) is 4. The highest BCUT2D eigenvalue weighted by Crippen LogP contribution is 2.28. The molecule has 1 atom stereocenters. The summed E-state index contributed by atoms with van der Waals surface area (Å²) in [6.07, 6.45) is 3.47. The number of benzene rings is 1. The van der Waals surface area contributed by atoms with Crippen molar-refractivity contribution in [2.75, 3.05) is 5.32 Å². The van der Waals surface area contributed by atoms with E-state index in [-0.39, 0.29) is 11.2 Å². The van der Waals surface area contributed by atoms with Crippen molar-refractivity contribution < 1.29 is 4.79 Å². The molecule has 0 saturated heterocycles. The zero-order valence-electron chi connectivity index (χ0n) is 16.6. The number of carbonyl (C=O) groups excluding carboxylic acids is 1. The zero-order valence-corrected chi connectivity index (χ0v) is 17.4. The average molecular weight is 396 g/mol. The molecule has 0 fully saturated rings. The fourth-order valence-electron chi connectivity index (χ4n) is 2.94. The SMILES string of the molecule is CCn1c(S[C@@H](C)C(=O)Nc2ccccc2C(C)C)nnc1-c1ccncc1. The van der Waals surface area contributed by atoms with Crippen molar-refractivity contribution in [3.8, 4) is 11.4 Å². The number of hydrogen-bond donors (Lipinski definition) is 1. The summed E-state index contributed by atoms with van der Waals surface area (Å²) in [4.78, 5) is 16.8. The number of pyridine rings is 1. The third-order valence-electron chi connectivity index (χ3n) is 4.46.